The number of nitrogens with one attached hydrogen (secondary N) is 2. The number of imide groups is 1. The number of amides is 3. The summed E-state index contributed by atoms with van der Waals surface area (Å²) >= 11 is 0. The number of urea groups is 1. The smallest absolute Gasteiger partial charge is 0.326 e. The molecule has 0 fully saturated rings. The molecule has 0 spiro atoms. The summed E-state index contributed by atoms with van der Waals surface area (Å²) in [6, 6.07) is 11.8. The summed E-state index contributed by atoms with van der Waals surface area (Å²) < 4.78 is 18.4. The number of hydrogen-bond donors (Lipinski definition) is 2. The number of nitrogens with zero attached hydrogens (tertiary/aromatic N) is 1. The van der Waals surface area contributed by atoms with Crippen LogP contribution in [0.15, 0.2) is 48.5 Å². The molecule has 0 bridgehead atoms. The molecule has 7 nitrogen and oxygen atoms in total. The predicted octanol–water partition coefficient (Wildman–Crippen LogP) is 2.07. The van der Waals surface area contributed by atoms with Crippen molar-refractivity contribution in [2.75, 3.05) is 19.0 Å². The van der Waals surface area contributed by atoms with Gasteiger partial charge in [-0.2, -0.15) is 0 Å². The standard InChI is InChI=1S/C20H20FN3O4/c1-28-19(26)17-10-13-6-2-3-7-14(13)11-24(17)12-18(25)23-20(27)22-16-9-5-4-8-15(16)21/h2-9,17H,10-12H2,1H3,(H2,22,23,25,27)/t17-/m1/s1. The molecular weight excluding hydrogens is 365 g/mol. The third-order valence-corrected chi connectivity index (χ3v) is 4.54. The van der Waals surface area contributed by atoms with E-state index in [2.05, 4.69) is 10.6 Å². The number of halogens is 1. The third kappa shape index (κ3) is 4.52. The quantitative estimate of drug-likeness (QED) is 0.787. The van der Waals surface area contributed by atoms with E-state index in [0.29, 0.717) is 13.0 Å². The molecule has 2 aromatic carbocycles. The van der Waals surface area contributed by atoms with Gasteiger partial charge in [-0.25, -0.2) is 9.18 Å². The van der Waals surface area contributed by atoms with E-state index in [9.17, 15) is 18.8 Å². The highest BCUT2D eigenvalue weighted by Crippen LogP contribution is 2.23. The zero-order valence-electron chi connectivity index (χ0n) is 15.3. The Bertz CT molecular complexity index is 903. The second kappa shape index (κ2) is 8.62. The highest BCUT2D eigenvalue weighted by atomic mass is 19.1. The molecule has 2 aromatic rings. The number of ether oxygens (including phenoxy) is 1. The maximum absolute atomic E-state index is 13.6. The van der Waals surface area contributed by atoms with Gasteiger partial charge < -0.3 is 10.1 Å². The number of para-hydroxylation sites is 1. The van der Waals surface area contributed by atoms with E-state index in [1.54, 1.807) is 11.0 Å². The molecular formula is C20H20FN3O4. The molecule has 0 aliphatic carbocycles. The van der Waals surface area contributed by atoms with Crippen LogP contribution < -0.4 is 10.6 Å². The van der Waals surface area contributed by atoms with E-state index in [1.807, 2.05) is 24.3 Å². The zero-order valence-corrected chi connectivity index (χ0v) is 15.3. The molecule has 1 aliphatic heterocycles. The summed E-state index contributed by atoms with van der Waals surface area (Å²) in [4.78, 5) is 38.1. The second-order valence-electron chi connectivity index (χ2n) is 6.40. The fraction of sp³-hybridized carbons (Fsp3) is 0.250. The Morgan fingerprint density at radius 3 is 2.50 bits per heavy atom. The van der Waals surface area contributed by atoms with Crippen molar-refractivity contribution in [1.29, 1.82) is 0 Å². The van der Waals surface area contributed by atoms with Crippen molar-refractivity contribution in [2.45, 2.75) is 19.0 Å². The Morgan fingerprint density at radius 2 is 1.79 bits per heavy atom. The minimum Gasteiger partial charge on any atom is -0.468 e. The molecule has 1 heterocycles. The molecule has 0 unspecified atom stereocenters. The van der Waals surface area contributed by atoms with Crippen LogP contribution in [-0.4, -0.2) is 42.5 Å². The first-order valence-electron chi connectivity index (χ1n) is 8.72. The molecule has 28 heavy (non-hydrogen) atoms. The highest BCUT2D eigenvalue weighted by Gasteiger charge is 2.33. The van der Waals surface area contributed by atoms with Crippen LogP contribution in [0.25, 0.3) is 0 Å². The molecule has 146 valence electrons. The lowest BCUT2D eigenvalue weighted by atomic mass is 9.94. The van der Waals surface area contributed by atoms with Crippen molar-refractivity contribution in [3.05, 3.63) is 65.5 Å². The summed E-state index contributed by atoms with van der Waals surface area (Å²) in [5, 5.41) is 4.44. The van der Waals surface area contributed by atoms with Gasteiger partial charge in [0.25, 0.3) is 0 Å². The number of benzene rings is 2. The SMILES string of the molecule is COC(=O)[C@H]1Cc2ccccc2CN1CC(=O)NC(=O)Nc1ccccc1F. The maximum Gasteiger partial charge on any atom is 0.326 e. The van der Waals surface area contributed by atoms with E-state index >= 15 is 0 Å². The Kier molecular flexibility index (Phi) is 6.00. The van der Waals surface area contributed by atoms with E-state index in [-0.39, 0.29) is 12.2 Å². The van der Waals surface area contributed by atoms with Gasteiger partial charge in [-0.1, -0.05) is 36.4 Å². The number of methoxy groups -OCH3 is 1. The van der Waals surface area contributed by atoms with Gasteiger partial charge in [0.15, 0.2) is 0 Å². The van der Waals surface area contributed by atoms with Crippen molar-refractivity contribution in [3.8, 4) is 0 Å². The normalized spacial score (nSPS) is 16.0. The fourth-order valence-electron chi connectivity index (χ4n) is 3.18. The largest absolute Gasteiger partial charge is 0.468 e. The summed E-state index contributed by atoms with van der Waals surface area (Å²) in [6.07, 6.45) is 0.414. The molecule has 0 saturated heterocycles. The Balaban J connectivity index is 1.65. The van der Waals surface area contributed by atoms with Gasteiger partial charge in [-0.3, -0.25) is 19.8 Å². The lowest BCUT2D eigenvalue weighted by molar-refractivity contribution is -0.148. The zero-order chi connectivity index (χ0) is 20.1. The van der Waals surface area contributed by atoms with Gasteiger partial charge in [0.05, 0.1) is 19.3 Å². The number of fused-ring (bicyclic) bond motifs is 1. The van der Waals surface area contributed by atoms with E-state index in [1.165, 1.54) is 25.3 Å². The molecule has 2 N–H and O–H groups in total. The molecule has 3 amide bonds. The van der Waals surface area contributed by atoms with Gasteiger partial charge >= 0.3 is 12.0 Å². The first kappa shape index (κ1) is 19.5. The first-order chi connectivity index (χ1) is 13.5. The lowest BCUT2D eigenvalue weighted by Crippen LogP contribution is -2.51. The van der Waals surface area contributed by atoms with Gasteiger partial charge in [0, 0.05) is 6.54 Å². The van der Waals surface area contributed by atoms with Gasteiger partial charge in [0.2, 0.25) is 5.91 Å². The number of hydrogen-bond acceptors (Lipinski definition) is 5. The Morgan fingerprint density at radius 1 is 1.11 bits per heavy atom. The number of rotatable bonds is 4. The van der Waals surface area contributed by atoms with Crippen LogP contribution in [0.1, 0.15) is 11.1 Å². The van der Waals surface area contributed by atoms with Crippen molar-refractivity contribution < 1.29 is 23.5 Å². The van der Waals surface area contributed by atoms with Crippen LogP contribution >= 0.6 is 0 Å². The highest BCUT2D eigenvalue weighted by molar-refractivity contribution is 6.01. The average molecular weight is 385 g/mol. The van der Waals surface area contributed by atoms with Crippen LogP contribution in [0.4, 0.5) is 14.9 Å². The summed E-state index contributed by atoms with van der Waals surface area (Å²) in [5.41, 5.74) is 1.99. The van der Waals surface area contributed by atoms with Gasteiger partial charge in [-0.05, 0) is 29.7 Å². The molecule has 1 atom stereocenters. The Hall–Kier alpha value is -3.26. The fourth-order valence-corrected chi connectivity index (χ4v) is 3.18. The molecule has 8 heteroatoms. The monoisotopic (exact) mass is 385 g/mol. The minimum atomic E-state index is -0.845. The summed E-state index contributed by atoms with van der Waals surface area (Å²) in [5.74, 6) is -1.66. The summed E-state index contributed by atoms with van der Waals surface area (Å²) in [6.45, 7) is 0.192. The Labute approximate surface area is 161 Å². The number of anilines is 1. The van der Waals surface area contributed by atoms with E-state index in [4.69, 9.17) is 4.74 Å². The van der Waals surface area contributed by atoms with Crippen LogP contribution in [0.2, 0.25) is 0 Å². The van der Waals surface area contributed by atoms with Crippen LogP contribution in [0.3, 0.4) is 0 Å². The average Bonchev–Trinajstić information content (AvgIpc) is 2.68. The number of carbonyl (C=O) groups is 3. The van der Waals surface area contributed by atoms with E-state index in [0.717, 1.165) is 11.1 Å². The summed E-state index contributed by atoms with van der Waals surface area (Å²) in [7, 11) is 1.29. The molecule has 1 aliphatic rings. The third-order valence-electron chi connectivity index (χ3n) is 4.54. The second-order valence-corrected chi connectivity index (χ2v) is 6.40. The predicted molar refractivity (Wildman–Crippen MR) is 99.9 cm³/mol. The molecule has 3 rings (SSSR count). The van der Waals surface area contributed by atoms with Crippen LogP contribution in [-0.2, 0) is 27.3 Å². The van der Waals surface area contributed by atoms with Gasteiger partial charge in [0.1, 0.15) is 11.9 Å². The van der Waals surface area contributed by atoms with Crippen molar-refractivity contribution in [2.24, 2.45) is 0 Å². The molecule has 0 saturated carbocycles. The molecule has 0 radical (unpaired) electrons. The first-order valence-corrected chi connectivity index (χ1v) is 8.72. The molecule has 0 aromatic heterocycles. The van der Waals surface area contributed by atoms with Crippen molar-refractivity contribution in [3.63, 3.8) is 0 Å². The van der Waals surface area contributed by atoms with Gasteiger partial charge in [-0.15, -0.1) is 0 Å². The van der Waals surface area contributed by atoms with Crippen LogP contribution in [0, 0.1) is 5.82 Å². The number of esters is 1. The topological polar surface area (TPSA) is 87.7 Å². The number of carbonyl (C=O) groups excluding carboxylic acids is 3. The maximum atomic E-state index is 13.6. The van der Waals surface area contributed by atoms with Crippen molar-refractivity contribution >= 4 is 23.6 Å². The van der Waals surface area contributed by atoms with Crippen molar-refractivity contribution in [1.82, 2.24) is 10.2 Å². The lowest BCUT2D eigenvalue weighted by Gasteiger charge is -2.34. The minimum absolute atomic E-state index is 0.0351. The van der Waals surface area contributed by atoms with E-state index < -0.39 is 29.8 Å². The van der Waals surface area contributed by atoms with Crippen LogP contribution in [0.5, 0.6) is 0 Å².